The molecule has 1 saturated heterocycles. The summed E-state index contributed by atoms with van der Waals surface area (Å²) in [5.41, 5.74) is 1.16. The first kappa shape index (κ1) is 19.9. The van der Waals surface area contributed by atoms with Crippen LogP contribution >= 0.6 is 11.6 Å². The van der Waals surface area contributed by atoms with Crippen LogP contribution in [0.1, 0.15) is 5.56 Å². The monoisotopic (exact) mass is 410 g/mol. The summed E-state index contributed by atoms with van der Waals surface area (Å²) in [5.74, 6) is 0.801. The number of hydrogen-bond donors (Lipinski definition) is 0. The minimum absolute atomic E-state index is 0.135. The SMILES string of the molecule is COc1ccc(OC)c(S(=O)(=O)N2CCN(Cc3ccc(Cl)cc3)CC2)c1. The van der Waals surface area contributed by atoms with Gasteiger partial charge in [0.2, 0.25) is 10.0 Å². The van der Waals surface area contributed by atoms with Crippen molar-refractivity contribution < 1.29 is 17.9 Å². The summed E-state index contributed by atoms with van der Waals surface area (Å²) in [7, 11) is -0.684. The van der Waals surface area contributed by atoms with Crippen molar-refractivity contribution in [3.8, 4) is 11.5 Å². The van der Waals surface area contributed by atoms with Gasteiger partial charge in [-0.2, -0.15) is 4.31 Å². The lowest BCUT2D eigenvalue weighted by atomic mass is 10.2. The van der Waals surface area contributed by atoms with Gasteiger partial charge in [-0.3, -0.25) is 4.90 Å². The largest absolute Gasteiger partial charge is 0.497 e. The summed E-state index contributed by atoms with van der Waals surface area (Å²) in [5, 5.41) is 0.710. The van der Waals surface area contributed by atoms with Crippen LogP contribution in [-0.2, 0) is 16.6 Å². The van der Waals surface area contributed by atoms with Gasteiger partial charge in [-0.15, -0.1) is 0 Å². The van der Waals surface area contributed by atoms with E-state index in [0.717, 1.165) is 12.1 Å². The minimum Gasteiger partial charge on any atom is -0.497 e. The Morgan fingerprint density at radius 1 is 0.963 bits per heavy atom. The Bertz CT molecular complexity index is 879. The van der Waals surface area contributed by atoms with E-state index in [4.69, 9.17) is 21.1 Å². The van der Waals surface area contributed by atoms with E-state index in [-0.39, 0.29) is 4.90 Å². The van der Waals surface area contributed by atoms with Crippen molar-refractivity contribution >= 4 is 21.6 Å². The van der Waals surface area contributed by atoms with Crippen molar-refractivity contribution in [2.75, 3.05) is 40.4 Å². The molecule has 0 saturated carbocycles. The third kappa shape index (κ3) is 4.55. The summed E-state index contributed by atoms with van der Waals surface area (Å²) in [6, 6.07) is 12.5. The maximum Gasteiger partial charge on any atom is 0.246 e. The van der Waals surface area contributed by atoms with Gasteiger partial charge in [0.1, 0.15) is 16.4 Å². The molecule has 1 heterocycles. The fourth-order valence-corrected chi connectivity index (χ4v) is 4.82. The second kappa shape index (κ2) is 8.48. The van der Waals surface area contributed by atoms with Crippen molar-refractivity contribution in [3.63, 3.8) is 0 Å². The van der Waals surface area contributed by atoms with Crippen LogP contribution in [0.3, 0.4) is 0 Å². The molecule has 1 aliphatic heterocycles. The summed E-state index contributed by atoms with van der Waals surface area (Å²) in [6.45, 7) is 2.95. The zero-order chi connectivity index (χ0) is 19.4. The highest BCUT2D eigenvalue weighted by atomic mass is 35.5. The van der Waals surface area contributed by atoms with Crippen molar-refractivity contribution in [1.29, 1.82) is 0 Å². The molecular weight excluding hydrogens is 388 g/mol. The van der Waals surface area contributed by atoms with Crippen LogP contribution in [0.5, 0.6) is 11.5 Å². The van der Waals surface area contributed by atoms with Crippen LogP contribution in [0.4, 0.5) is 0 Å². The molecule has 0 bridgehead atoms. The van der Waals surface area contributed by atoms with Crippen LogP contribution in [0.15, 0.2) is 47.4 Å². The number of hydrogen-bond acceptors (Lipinski definition) is 5. The highest BCUT2D eigenvalue weighted by Crippen LogP contribution is 2.31. The molecule has 0 atom stereocenters. The summed E-state index contributed by atoms with van der Waals surface area (Å²) < 4.78 is 38.1. The average Bonchev–Trinajstić information content (AvgIpc) is 2.69. The molecule has 0 radical (unpaired) electrons. The smallest absolute Gasteiger partial charge is 0.246 e. The first-order chi connectivity index (χ1) is 12.9. The van der Waals surface area contributed by atoms with Gasteiger partial charge in [-0.25, -0.2) is 8.42 Å². The van der Waals surface area contributed by atoms with Gasteiger partial charge in [-0.1, -0.05) is 23.7 Å². The number of ether oxygens (including phenoxy) is 2. The third-order valence-electron chi connectivity index (χ3n) is 4.64. The molecule has 0 aromatic heterocycles. The minimum atomic E-state index is -3.66. The first-order valence-electron chi connectivity index (χ1n) is 8.63. The summed E-state index contributed by atoms with van der Waals surface area (Å²) in [6.07, 6.45) is 0. The molecule has 3 rings (SSSR count). The Kier molecular flexibility index (Phi) is 6.26. The molecule has 2 aromatic rings. The van der Waals surface area contributed by atoms with Gasteiger partial charge in [0.05, 0.1) is 14.2 Å². The fraction of sp³-hybridized carbons (Fsp3) is 0.368. The predicted octanol–water partition coefficient (Wildman–Crippen LogP) is 2.86. The molecule has 0 unspecified atom stereocenters. The zero-order valence-electron chi connectivity index (χ0n) is 15.4. The molecule has 2 aromatic carbocycles. The van der Waals surface area contributed by atoms with Gasteiger partial charge < -0.3 is 9.47 Å². The van der Waals surface area contributed by atoms with Crippen molar-refractivity contribution in [1.82, 2.24) is 9.21 Å². The Balaban J connectivity index is 1.70. The van der Waals surface area contributed by atoms with E-state index < -0.39 is 10.0 Å². The van der Waals surface area contributed by atoms with Crippen molar-refractivity contribution in [2.45, 2.75) is 11.4 Å². The summed E-state index contributed by atoms with van der Waals surface area (Å²) in [4.78, 5) is 2.37. The number of rotatable bonds is 6. The molecule has 146 valence electrons. The standard InChI is InChI=1S/C19H23ClN2O4S/c1-25-17-7-8-18(26-2)19(13-17)27(23,24)22-11-9-21(10-12-22)14-15-3-5-16(20)6-4-15/h3-8,13H,9-12,14H2,1-2H3. The molecule has 0 spiro atoms. The van der Waals surface area contributed by atoms with Crippen molar-refractivity contribution in [2.24, 2.45) is 0 Å². The predicted molar refractivity (Wildman–Crippen MR) is 105 cm³/mol. The number of benzene rings is 2. The molecule has 6 nitrogen and oxygen atoms in total. The summed E-state index contributed by atoms with van der Waals surface area (Å²) >= 11 is 5.92. The van der Waals surface area contributed by atoms with Crippen LogP contribution in [0, 0.1) is 0 Å². The van der Waals surface area contributed by atoms with Crippen molar-refractivity contribution in [3.05, 3.63) is 53.1 Å². The highest BCUT2D eigenvalue weighted by molar-refractivity contribution is 7.89. The second-order valence-electron chi connectivity index (χ2n) is 6.32. The zero-order valence-corrected chi connectivity index (χ0v) is 17.0. The Morgan fingerprint density at radius 3 is 2.22 bits per heavy atom. The van der Waals surface area contributed by atoms with Crippen LogP contribution in [-0.4, -0.2) is 58.0 Å². The van der Waals surface area contributed by atoms with Crippen LogP contribution in [0.2, 0.25) is 5.02 Å². The van der Waals surface area contributed by atoms with E-state index in [1.807, 2.05) is 24.3 Å². The van der Waals surface area contributed by atoms with Gasteiger partial charge in [0, 0.05) is 43.8 Å². The van der Waals surface area contributed by atoms with E-state index in [9.17, 15) is 8.42 Å². The third-order valence-corrected chi connectivity index (χ3v) is 6.81. The van der Waals surface area contributed by atoms with E-state index in [2.05, 4.69) is 4.90 Å². The number of methoxy groups -OCH3 is 2. The lowest BCUT2D eigenvalue weighted by Gasteiger charge is -2.34. The molecule has 0 amide bonds. The van der Waals surface area contributed by atoms with Gasteiger partial charge >= 0.3 is 0 Å². The van der Waals surface area contributed by atoms with E-state index in [0.29, 0.717) is 42.7 Å². The fourth-order valence-electron chi connectivity index (χ4n) is 3.10. The van der Waals surface area contributed by atoms with E-state index in [1.165, 1.54) is 24.6 Å². The Hall–Kier alpha value is -1.80. The number of piperazine rings is 1. The topological polar surface area (TPSA) is 59.1 Å². The quantitative estimate of drug-likeness (QED) is 0.732. The molecule has 0 N–H and O–H groups in total. The van der Waals surface area contributed by atoms with E-state index in [1.54, 1.807) is 12.1 Å². The molecular formula is C19H23ClN2O4S. The average molecular weight is 411 g/mol. The molecule has 8 heteroatoms. The van der Waals surface area contributed by atoms with Gasteiger partial charge in [-0.05, 0) is 29.8 Å². The maximum absolute atomic E-state index is 13.1. The Labute approximate surface area is 165 Å². The normalized spacial score (nSPS) is 16.3. The van der Waals surface area contributed by atoms with Crippen LogP contribution < -0.4 is 9.47 Å². The van der Waals surface area contributed by atoms with Gasteiger partial charge in [0.25, 0.3) is 0 Å². The van der Waals surface area contributed by atoms with E-state index >= 15 is 0 Å². The maximum atomic E-state index is 13.1. The molecule has 0 aliphatic carbocycles. The second-order valence-corrected chi connectivity index (χ2v) is 8.67. The molecule has 1 fully saturated rings. The first-order valence-corrected chi connectivity index (χ1v) is 10.4. The van der Waals surface area contributed by atoms with Crippen LogP contribution in [0.25, 0.3) is 0 Å². The number of halogens is 1. The molecule has 1 aliphatic rings. The number of nitrogens with zero attached hydrogens (tertiary/aromatic N) is 2. The lowest BCUT2D eigenvalue weighted by Crippen LogP contribution is -2.48. The highest BCUT2D eigenvalue weighted by Gasteiger charge is 2.31. The molecule has 27 heavy (non-hydrogen) atoms. The number of sulfonamides is 1. The lowest BCUT2D eigenvalue weighted by molar-refractivity contribution is 0.181. The Morgan fingerprint density at radius 2 is 1.63 bits per heavy atom. The van der Waals surface area contributed by atoms with Gasteiger partial charge in [0.15, 0.2) is 0 Å².